The molecule has 2 aliphatic rings. The van der Waals surface area contributed by atoms with E-state index in [0.29, 0.717) is 34.9 Å². The lowest BCUT2D eigenvalue weighted by Crippen LogP contribution is -2.51. The quantitative estimate of drug-likeness (QED) is 0.422. The number of nitrogens with zero attached hydrogens (tertiary/aromatic N) is 3. The number of rotatable bonds is 4. The number of nitrogens with one attached hydrogen (secondary N) is 1. The molecular weight excluding hydrogens is 422 g/mol. The molecule has 6 nitrogen and oxygen atoms in total. The summed E-state index contributed by atoms with van der Waals surface area (Å²) in [5.74, 6) is -0.0116. The van der Waals surface area contributed by atoms with Gasteiger partial charge in [0.1, 0.15) is 11.5 Å². The second-order valence-corrected chi connectivity index (χ2v) is 10.2. The number of para-hydroxylation sites is 2. The molecule has 3 aromatic rings. The van der Waals surface area contributed by atoms with E-state index in [1.165, 1.54) is 19.3 Å². The molecule has 0 radical (unpaired) electrons. The number of likely N-dealkylation sites (tertiary alicyclic amines) is 1. The Kier molecular flexibility index (Phi) is 6.26. The third-order valence-electron chi connectivity index (χ3n) is 7.96. The van der Waals surface area contributed by atoms with E-state index < -0.39 is 0 Å². The predicted molar refractivity (Wildman–Crippen MR) is 138 cm³/mol. The summed E-state index contributed by atoms with van der Waals surface area (Å²) >= 11 is 0. The highest BCUT2D eigenvalue weighted by molar-refractivity contribution is 5.96. The van der Waals surface area contributed by atoms with Crippen molar-refractivity contribution in [2.75, 3.05) is 0 Å². The third kappa shape index (κ3) is 4.16. The van der Waals surface area contributed by atoms with Crippen molar-refractivity contribution in [2.24, 2.45) is 5.73 Å². The first-order chi connectivity index (χ1) is 16.4. The zero-order chi connectivity index (χ0) is 23.8. The van der Waals surface area contributed by atoms with Gasteiger partial charge in [-0.05, 0) is 70.6 Å². The van der Waals surface area contributed by atoms with Crippen LogP contribution in [-0.4, -0.2) is 38.4 Å². The SMILES string of the molecule is C[C@@H]1CCC[C@H](C)N1C1CCC(n2c(=O)c(-c3cccc(C(=N)N)c3)nc3ccccc32)CC1. The highest BCUT2D eigenvalue weighted by Crippen LogP contribution is 2.36. The Balaban J connectivity index is 1.50. The Morgan fingerprint density at radius 2 is 1.62 bits per heavy atom. The van der Waals surface area contributed by atoms with E-state index in [1.54, 1.807) is 12.1 Å². The van der Waals surface area contributed by atoms with Gasteiger partial charge in [0, 0.05) is 35.3 Å². The summed E-state index contributed by atoms with van der Waals surface area (Å²) in [6.07, 6.45) is 8.17. The molecule has 3 N–H and O–H groups in total. The molecule has 0 unspecified atom stereocenters. The maximum Gasteiger partial charge on any atom is 0.277 e. The smallest absolute Gasteiger partial charge is 0.277 e. The van der Waals surface area contributed by atoms with Gasteiger partial charge in [-0.15, -0.1) is 0 Å². The van der Waals surface area contributed by atoms with Gasteiger partial charge < -0.3 is 10.3 Å². The lowest BCUT2D eigenvalue weighted by molar-refractivity contribution is 0.0308. The molecule has 1 aliphatic carbocycles. The Bertz CT molecular complexity index is 1250. The molecule has 6 heteroatoms. The van der Waals surface area contributed by atoms with Crippen LogP contribution in [0, 0.1) is 5.41 Å². The molecular formula is C28H35N5O. The van der Waals surface area contributed by atoms with Crippen LogP contribution < -0.4 is 11.3 Å². The first-order valence-electron chi connectivity index (χ1n) is 12.7. The highest BCUT2D eigenvalue weighted by atomic mass is 16.1. The number of piperidine rings is 1. The van der Waals surface area contributed by atoms with Gasteiger partial charge in [0.05, 0.1) is 11.0 Å². The lowest BCUT2D eigenvalue weighted by atomic mass is 9.85. The predicted octanol–water partition coefficient (Wildman–Crippen LogP) is 5.09. The summed E-state index contributed by atoms with van der Waals surface area (Å²) in [7, 11) is 0. The van der Waals surface area contributed by atoms with Crippen LogP contribution in [-0.2, 0) is 0 Å². The fourth-order valence-electron chi connectivity index (χ4n) is 6.31. The van der Waals surface area contributed by atoms with Gasteiger partial charge in [-0.25, -0.2) is 4.98 Å². The van der Waals surface area contributed by atoms with E-state index in [2.05, 4.69) is 18.7 Å². The Morgan fingerprint density at radius 3 is 2.32 bits per heavy atom. The molecule has 178 valence electrons. The molecule has 2 heterocycles. The number of hydrogen-bond donors (Lipinski definition) is 2. The first kappa shape index (κ1) is 22.8. The van der Waals surface area contributed by atoms with Crippen LogP contribution in [0.5, 0.6) is 0 Å². The number of hydrogen-bond acceptors (Lipinski definition) is 4. The van der Waals surface area contributed by atoms with Crippen LogP contribution >= 0.6 is 0 Å². The van der Waals surface area contributed by atoms with Crippen LogP contribution in [0.25, 0.3) is 22.3 Å². The van der Waals surface area contributed by atoms with Gasteiger partial charge >= 0.3 is 0 Å². The van der Waals surface area contributed by atoms with Crippen LogP contribution in [0.2, 0.25) is 0 Å². The van der Waals surface area contributed by atoms with E-state index in [9.17, 15) is 4.79 Å². The number of amidine groups is 1. The van der Waals surface area contributed by atoms with E-state index in [1.807, 2.05) is 41.0 Å². The average molecular weight is 458 g/mol. The number of nitrogen functional groups attached to an aromatic ring is 1. The van der Waals surface area contributed by atoms with Crippen molar-refractivity contribution in [3.63, 3.8) is 0 Å². The first-order valence-corrected chi connectivity index (χ1v) is 12.7. The van der Waals surface area contributed by atoms with Crippen molar-refractivity contribution in [1.82, 2.24) is 14.5 Å². The van der Waals surface area contributed by atoms with Crippen LogP contribution in [0.15, 0.2) is 53.3 Å². The Labute approximate surface area is 201 Å². The molecule has 34 heavy (non-hydrogen) atoms. The summed E-state index contributed by atoms with van der Waals surface area (Å²) in [5, 5.41) is 7.78. The molecule has 5 rings (SSSR count). The number of nitrogens with two attached hydrogens (primary N) is 1. The zero-order valence-electron chi connectivity index (χ0n) is 20.2. The maximum absolute atomic E-state index is 13.9. The molecule has 0 spiro atoms. The van der Waals surface area contributed by atoms with Gasteiger partial charge in [-0.2, -0.15) is 0 Å². The standard InChI is InChI=1S/C28H35N5O/c1-18-7-5-8-19(2)32(18)22-13-15-23(16-14-22)33-25-12-4-3-11-24(25)31-26(28(33)34)20-9-6-10-21(17-20)27(29)30/h3-4,6,9-12,17-19,22-23H,5,7-8,13-16H2,1-2H3,(H3,29,30)/t18-,19+,22?,23?. The number of benzene rings is 2. The number of aromatic nitrogens is 2. The monoisotopic (exact) mass is 457 g/mol. The molecule has 0 amide bonds. The molecule has 2 aromatic carbocycles. The minimum atomic E-state index is -0.0532. The zero-order valence-corrected chi connectivity index (χ0v) is 20.2. The van der Waals surface area contributed by atoms with Crippen molar-refractivity contribution < 1.29 is 0 Å². The summed E-state index contributed by atoms with van der Waals surface area (Å²) in [6, 6.07) is 17.3. The van der Waals surface area contributed by atoms with Gasteiger partial charge in [0.2, 0.25) is 0 Å². The van der Waals surface area contributed by atoms with E-state index in [4.69, 9.17) is 16.1 Å². The van der Waals surface area contributed by atoms with Gasteiger partial charge in [-0.3, -0.25) is 15.1 Å². The van der Waals surface area contributed by atoms with E-state index in [-0.39, 0.29) is 17.4 Å². The minimum Gasteiger partial charge on any atom is -0.384 e. The second kappa shape index (κ2) is 9.34. The summed E-state index contributed by atoms with van der Waals surface area (Å²) in [6.45, 7) is 4.76. The maximum atomic E-state index is 13.9. The van der Waals surface area contributed by atoms with Crippen LogP contribution in [0.1, 0.15) is 70.4 Å². The minimum absolute atomic E-state index is 0.0116. The second-order valence-electron chi connectivity index (χ2n) is 10.2. The fourth-order valence-corrected chi connectivity index (χ4v) is 6.31. The molecule has 1 saturated heterocycles. The summed E-state index contributed by atoms with van der Waals surface area (Å²) in [4.78, 5) is 21.4. The molecule has 1 aliphatic heterocycles. The summed E-state index contributed by atoms with van der Waals surface area (Å²) in [5.41, 5.74) is 9.13. The van der Waals surface area contributed by atoms with Crippen molar-refractivity contribution in [3.05, 3.63) is 64.4 Å². The molecule has 1 saturated carbocycles. The van der Waals surface area contributed by atoms with Gasteiger partial charge in [0.15, 0.2) is 0 Å². The van der Waals surface area contributed by atoms with E-state index >= 15 is 0 Å². The van der Waals surface area contributed by atoms with Crippen molar-refractivity contribution in [3.8, 4) is 11.3 Å². The summed E-state index contributed by atoms with van der Waals surface area (Å²) < 4.78 is 2.00. The lowest BCUT2D eigenvalue weighted by Gasteiger charge is -2.46. The Morgan fingerprint density at radius 1 is 0.941 bits per heavy atom. The fraction of sp³-hybridized carbons (Fsp3) is 0.464. The average Bonchev–Trinajstić information content (AvgIpc) is 2.84. The van der Waals surface area contributed by atoms with Crippen LogP contribution in [0.3, 0.4) is 0 Å². The topological polar surface area (TPSA) is 88.0 Å². The Hall–Kier alpha value is -2.99. The van der Waals surface area contributed by atoms with Gasteiger partial charge in [-0.1, -0.05) is 36.8 Å². The van der Waals surface area contributed by atoms with Gasteiger partial charge in [0.25, 0.3) is 5.56 Å². The molecule has 0 bridgehead atoms. The van der Waals surface area contributed by atoms with E-state index in [0.717, 1.165) is 36.7 Å². The highest BCUT2D eigenvalue weighted by Gasteiger charge is 2.34. The van der Waals surface area contributed by atoms with Crippen molar-refractivity contribution >= 4 is 16.9 Å². The number of fused-ring (bicyclic) bond motifs is 1. The normalized spacial score (nSPS) is 25.9. The van der Waals surface area contributed by atoms with Crippen LogP contribution in [0.4, 0.5) is 0 Å². The van der Waals surface area contributed by atoms with Crippen molar-refractivity contribution in [2.45, 2.75) is 83.0 Å². The molecule has 2 atom stereocenters. The van der Waals surface area contributed by atoms with Crippen molar-refractivity contribution in [1.29, 1.82) is 5.41 Å². The third-order valence-corrected chi connectivity index (χ3v) is 7.96. The molecule has 2 fully saturated rings. The molecule has 1 aromatic heterocycles. The largest absolute Gasteiger partial charge is 0.384 e.